The van der Waals surface area contributed by atoms with Crippen LogP contribution < -0.4 is 14.8 Å². The van der Waals surface area contributed by atoms with Crippen LogP contribution in [0, 0.1) is 0 Å². The van der Waals surface area contributed by atoms with Gasteiger partial charge >= 0.3 is 0 Å². The van der Waals surface area contributed by atoms with Crippen LogP contribution in [0.15, 0.2) is 65.1 Å². The Morgan fingerprint density at radius 3 is 2.34 bits per heavy atom. The Labute approximate surface area is 187 Å². The summed E-state index contributed by atoms with van der Waals surface area (Å²) in [6, 6.07) is 18.7. The standard InChI is InChI=1S/C26H26N2O4/c1-5-16(2)18-11-14-21-20(15-18)28-26(32-21)17-9-12-19(13-10-17)27-25(29)24-22(30-3)7-6-8-23(24)31-4/h6-16H,5H2,1-4H3,(H,27,29). The molecule has 6 nitrogen and oxygen atoms in total. The lowest BCUT2D eigenvalue weighted by Gasteiger charge is -2.13. The van der Waals surface area contributed by atoms with Crippen LogP contribution >= 0.6 is 0 Å². The zero-order valence-corrected chi connectivity index (χ0v) is 18.6. The van der Waals surface area contributed by atoms with Crippen LogP contribution in [0.2, 0.25) is 0 Å². The van der Waals surface area contributed by atoms with Gasteiger partial charge in [0, 0.05) is 11.3 Å². The lowest BCUT2D eigenvalue weighted by molar-refractivity contribution is 0.102. The number of amides is 1. The van der Waals surface area contributed by atoms with Gasteiger partial charge in [-0.15, -0.1) is 0 Å². The number of methoxy groups -OCH3 is 2. The molecule has 1 amide bonds. The van der Waals surface area contributed by atoms with Crippen molar-refractivity contribution in [1.82, 2.24) is 4.98 Å². The molecule has 6 heteroatoms. The van der Waals surface area contributed by atoms with E-state index in [1.54, 1.807) is 18.2 Å². The van der Waals surface area contributed by atoms with Gasteiger partial charge in [-0.05, 0) is 66.4 Å². The SMILES string of the molecule is CCC(C)c1ccc2oc(-c3ccc(NC(=O)c4c(OC)cccc4OC)cc3)nc2c1. The van der Waals surface area contributed by atoms with E-state index in [0.29, 0.717) is 34.6 Å². The summed E-state index contributed by atoms with van der Waals surface area (Å²) in [5.41, 5.74) is 4.68. The molecule has 0 saturated carbocycles. The fraction of sp³-hybridized carbons (Fsp3) is 0.231. The van der Waals surface area contributed by atoms with Crippen molar-refractivity contribution in [3.63, 3.8) is 0 Å². The Bertz CT molecular complexity index is 1220. The van der Waals surface area contributed by atoms with Gasteiger partial charge in [-0.1, -0.05) is 26.0 Å². The van der Waals surface area contributed by atoms with Gasteiger partial charge in [0.25, 0.3) is 5.91 Å². The second-order valence-electron chi connectivity index (χ2n) is 7.62. The summed E-state index contributed by atoms with van der Waals surface area (Å²) in [6.45, 7) is 4.38. The number of oxazole rings is 1. The Morgan fingerprint density at radius 1 is 1.03 bits per heavy atom. The molecule has 4 rings (SSSR count). The quantitative estimate of drug-likeness (QED) is 0.374. The highest BCUT2D eigenvalue weighted by Crippen LogP contribution is 2.31. The van der Waals surface area contributed by atoms with Crippen LogP contribution in [0.5, 0.6) is 11.5 Å². The molecule has 0 fully saturated rings. The van der Waals surface area contributed by atoms with Crippen molar-refractivity contribution in [2.24, 2.45) is 0 Å². The molecular formula is C26H26N2O4. The van der Waals surface area contributed by atoms with Gasteiger partial charge in [0.05, 0.1) is 14.2 Å². The summed E-state index contributed by atoms with van der Waals surface area (Å²) in [5.74, 6) is 1.60. The molecule has 0 bridgehead atoms. The molecule has 0 aliphatic heterocycles. The smallest absolute Gasteiger partial charge is 0.263 e. The number of hydrogen-bond donors (Lipinski definition) is 1. The number of ether oxygens (including phenoxy) is 2. The topological polar surface area (TPSA) is 73.6 Å². The Kier molecular flexibility index (Phi) is 6.12. The van der Waals surface area contributed by atoms with Crippen LogP contribution in [-0.4, -0.2) is 25.1 Å². The number of nitrogens with zero attached hydrogens (tertiary/aromatic N) is 1. The van der Waals surface area contributed by atoms with E-state index in [1.807, 2.05) is 30.3 Å². The zero-order chi connectivity index (χ0) is 22.7. The van der Waals surface area contributed by atoms with E-state index >= 15 is 0 Å². The van der Waals surface area contributed by atoms with Crippen molar-refractivity contribution in [3.8, 4) is 23.0 Å². The van der Waals surface area contributed by atoms with E-state index in [2.05, 4.69) is 36.3 Å². The number of aromatic nitrogens is 1. The summed E-state index contributed by atoms with van der Waals surface area (Å²) in [4.78, 5) is 17.5. The van der Waals surface area contributed by atoms with Crippen LogP contribution in [0.25, 0.3) is 22.6 Å². The molecule has 1 aromatic heterocycles. The number of rotatable bonds is 7. The molecule has 1 heterocycles. The van der Waals surface area contributed by atoms with Crippen LogP contribution in [0.4, 0.5) is 5.69 Å². The third kappa shape index (κ3) is 4.17. The molecule has 164 valence electrons. The molecule has 0 aliphatic carbocycles. The maximum atomic E-state index is 12.9. The average molecular weight is 431 g/mol. The second kappa shape index (κ2) is 9.14. The fourth-order valence-electron chi connectivity index (χ4n) is 3.57. The second-order valence-corrected chi connectivity index (χ2v) is 7.62. The number of nitrogens with one attached hydrogen (secondary N) is 1. The Balaban J connectivity index is 1.56. The maximum absolute atomic E-state index is 12.9. The van der Waals surface area contributed by atoms with E-state index in [0.717, 1.165) is 23.1 Å². The van der Waals surface area contributed by atoms with Crippen molar-refractivity contribution >= 4 is 22.7 Å². The molecule has 1 atom stereocenters. The highest BCUT2D eigenvalue weighted by molar-refractivity contribution is 6.08. The van der Waals surface area contributed by atoms with Crippen LogP contribution in [-0.2, 0) is 0 Å². The molecule has 1 unspecified atom stereocenters. The van der Waals surface area contributed by atoms with Gasteiger partial charge in [0.1, 0.15) is 22.6 Å². The minimum atomic E-state index is -0.313. The lowest BCUT2D eigenvalue weighted by atomic mass is 9.98. The molecule has 3 aromatic carbocycles. The molecule has 32 heavy (non-hydrogen) atoms. The van der Waals surface area contributed by atoms with E-state index < -0.39 is 0 Å². The van der Waals surface area contributed by atoms with Crippen molar-refractivity contribution in [2.75, 3.05) is 19.5 Å². The normalized spacial score (nSPS) is 11.9. The van der Waals surface area contributed by atoms with E-state index in [1.165, 1.54) is 19.8 Å². The minimum absolute atomic E-state index is 0.313. The number of fused-ring (bicyclic) bond motifs is 1. The highest BCUT2D eigenvalue weighted by Gasteiger charge is 2.18. The van der Waals surface area contributed by atoms with E-state index in [4.69, 9.17) is 13.9 Å². The van der Waals surface area contributed by atoms with E-state index in [9.17, 15) is 4.79 Å². The predicted octanol–water partition coefficient (Wildman–Crippen LogP) is 6.28. The number of anilines is 1. The summed E-state index contributed by atoms with van der Waals surface area (Å²) < 4.78 is 16.6. The third-order valence-corrected chi connectivity index (χ3v) is 5.64. The van der Waals surface area contributed by atoms with Gasteiger partial charge in [-0.3, -0.25) is 4.79 Å². The zero-order valence-electron chi connectivity index (χ0n) is 18.6. The van der Waals surface area contributed by atoms with Gasteiger partial charge in [0.2, 0.25) is 5.89 Å². The minimum Gasteiger partial charge on any atom is -0.496 e. The molecule has 0 radical (unpaired) electrons. The average Bonchev–Trinajstić information content (AvgIpc) is 3.26. The molecule has 0 saturated heterocycles. The van der Waals surface area contributed by atoms with Crippen molar-refractivity contribution in [1.29, 1.82) is 0 Å². The van der Waals surface area contributed by atoms with E-state index in [-0.39, 0.29) is 5.91 Å². The summed E-state index contributed by atoms with van der Waals surface area (Å²) in [6.07, 6.45) is 1.07. The van der Waals surface area contributed by atoms with Crippen molar-refractivity contribution < 1.29 is 18.7 Å². The Hall–Kier alpha value is -3.80. The molecule has 0 aliphatic rings. The number of hydrogen-bond acceptors (Lipinski definition) is 5. The monoisotopic (exact) mass is 430 g/mol. The first-order valence-corrected chi connectivity index (χ1v) is 10.6. The summed E-state index contributed by atoms with van der Waals surface area (Å²) in [7, 11) is 3.04. The van der Waals surface area contributed by atoms with Gasteiger partial charge in [0.15, 0.2) is 5.58 Å². The molecule has 0 spiro atoms. The van der Waals surface area contributed by atoms with Crippen LogP contribution in [0.1, 0.15) is 42.1 Å². The van der Waals surface area contributed by atoms with Gasteiger partial charge in [-0.25, -0.2) is 4.98 Å². The van der Waals surface area contributed by atoms with Gasteiger partial charge in [-0.2, -0.15) is 0 Å². The first-order chi connectivity index (χ1) is 15.5. The summed E-state index contributed by atoms with van der Waals surface area (Å²) >= 11 is 0. The number of benzene rings is 3. The molecule has 4 aromatic rings. The first kappa shape index (κ1) is 21.4. The summed E-state index contributed by atoms with van der Waals surface area (Å²) in [5, 5.41) is 2.89. The third-order valence-electron chi connectivity index (χ3n) is 5.64. The van der Waals surface area contributed by atoms with Crippen molar-refractivity contribution in [3.05, 3.63) is 71.8 Å². The highest BCUT2D eigenvalue weighted by atomic mass is 16.5. The van der Waals surface area contributed by atoms with Crippen molar-refractivity contribution in [2.45, 2.75) is 26.2 Å². The maximum Gasteiger partial charge on any atom is 0.263 e. The lowest BCUT2D eigenvalue weighted by Crippen LogP contribution is -2.14. The van der Waals surface area contributed by atoms with Gasteiger partial charge < -0.3 is 19.2 Å². The van der Waals surface area contributed by atoms with Crippen LogP contribution in [0.3, 0.4) is 0 Å². The fourth-order valence-corrected chi connectivity index (χ4v) is 3.57. The first-order valence-electron chi connectivity index (χ1n) is 10.6. The number of carbonyl (C=O) groups excluding carboxylic acids is 1. The Morgan fingerprint density at radius 2 is 1.72 bits per heavy atom. The molecular weight excluding hydrogens is 404 g/mol. The predicted molar refractivity (Wildman–Crippen MR) is 126 cm³/mol. The molecule has 1 N–H and O–H groups in total. The number of carbonyl (C=O) groups is 1. The largest absolute Gasteiger partial charge is 0.496 e.